The highest BCUT2D eigenvalue weighted by atomic mass is 16.3. The van der Waals surface area contributed by atoms with Crippen LogP contribution in [0.3, 0.4) is 0 Å². The van der Waals surface area contributed by atoms with Gasteiger partial charge in [-0.25, -0.2) is 0 Å². The van der Waals surface area contributed by atoms with Gasteiger partial charge in [-0.2, -0.15) is 0 Å². The number of allylic oxidation sites excluding steroid dienone is 3. The molecule has 4 aromatic carbocycles. The first-order valence-corrected chi connectivity index (χ1v) is 14.7. The van der Waals surface area contributed by atoms with Gasteiger partial charge in [0.1, 0.15) is 11.2 Å². The van der Waals surface area contributed by atoms with E-state index < -0.39 is 0 Å². The monoisotopic (exact) mass is 546 g/mol. The summed E-state index contributed by atoms with van der Waals surface area (Å²) >= 11 is 0. The van der Waals surface area contributed by atoms with Crippen molar-refractivity contribution < 1.29 is 4.42 Å². The minimum atomic E-state index is 0.0741. The van der Waals surface area contributed by atoms with Crippen LogP contribution in [0.4, 0.5) is 0 Å². The van der Waals surface area contributed by atoms with Gasteiger partial charge in [-0.05, 0) is 85.4 Å². The maximum absolute atomic E-state index is 6.46. The molecule has 2 unspecified atom stereocenters. The molecule has 0 saturated carbocycles. The zero-order chi connectivity index (χ0) is 28.8. The van der Waals surface area contributed by atoms with Gasteiger partial charge in [0.15, 0.2) is 0 Å². The van der Waals surface area contributed by atoms with Gasteiger partial charge in [0.2, 0.25) is 0 Å². The number of fused-ring (bicyclic) bond motifs is 7. The van der Waals surface area contributed by atoms with E-state index in [1.165, 1.54) is 33.4 Å². The first-order chi connectivity index (χ1) is 20.5. The fourth-order valence-corrected chi connectivity index (χ4v) is 6.63. The molecule has 1 aromatic heterocycles. The Bertz CT molecular complexity index is 1960. The second-order valence-corrected chi connectivity index (χ2v) is 11.7. The van der Waals surface area contributed by atoms with Gasteiger partial charge in [-0.15, -0.1) is 0 Å². The van der Waals surface area contributed by atoms with Crippen molar-refractivity contribution in [3.05, 3.63) is 144 Å². The number of aryl methyl sites for hydroxylation is 1. The van der Waals surface area contributed by atoms with Crippen molar-refractivity contribution in [3.63, 3.8) is 0 Å². The average molecular weight is 547 g/mol. The third-order valence-corrected chi connectivity index (χ3v) is 8.55. The van der Waals surface area contributed by atoms with Crippen LogP contribution < -0.4 is 0 Å². The van der Waals surface area contributed by atoms with Crippen LogP contribution in [0.1, 0.15) is 54.9 Å². The highest BCUT2D eigenvalue weighted by Crippen LogP contribution is 2.40. The second kappa shape index (κ2) is 10.6. The summed E-state index contributed by atoms with van der Waals surface area (Å²) in [5, 5.41) is 2.23. The summed E-state index contributed by atoms with van der Waals surface area (Å²) in [5.41, 5.74) is 13.1. The van der Waals surface area contributed by atoms with Gasteiger partial charge in [-0.3, -0.25) is 9.98 Å². The molecule has 0 aliphatic carbocycles. The van der Waals surface area contributed by atoms with Crippen molar-refractivity contribution in [1.82, 2.24) is 0 Å². The predicted molar refractivity (Wildman–Crippen MR) is 177 cm³/mol. The van der Waals surface area contributed by atoms with Crippen LogP contribution >= 0.6 is 0 Å². The van der Waals surface area contributed by atoms with E-state index >= 15 is 0 Å². The Morgan fingerprint density at radius 2 is 1.62 bits per heavy atom. The fourth-order valence-electron chi connectivity index (χ4n) is 6.63. The Kier molecular flexibility index (Phi) is 6.59. The summed E-state index contributed by atoms with van der Waals surface area (Å²) in [6.07, 6.45) is 6.64. The van der Waals surface area contributed by atoms with E-state index in [9.17, 15) is 0 Å². The van der Waals surface area contributed by atoms with Crippen LogP contribution in [0.5, 0.6) is 0 Å². The molecule has 0 fully saturated rings. The van der Waals surface area contributed by atoms with Crippen LogP contribution in [0.15, 0.2) is 136 Å². The van der Waals surface area contributed by atoms with Gasteiger partial charge in [-0.1, -0.05) is 79.4 Å². The Hall–Kier alpha value is -4.76. The third kappa shape index (κ3) is 4.65. The number of nitrogens with zero attached hydrogens (tertiary/aromatic N) is 2. The molecule has 0 radical (unpaired) electrons. The number of hydrogen-bond acceptors (Lipinski definition) is 3. The topological polar surface area (TPSA) is 37.9 Å². The second-order valence-electron chi connectivity index (χ2n) is 11.7. The maximum atomic E-state index is 6.46. The van der Waals surface area contributed by atoms with Gasteiger partial charge >= 0.3 is 0 Å². The Labute approximate surface area is 247 Å². The molecule has 0 N–H and O–H groups in total. The number of hydrogen-bond donors (Lipinski definition) is 0. The van der Waals surface area contributed by atoms with Crippen molar-refractivity contribution in [2.45, 2.75) is 45.1 Å². The molecular formula is C39H34N2O. The van der Waals surface area contributed by atoms with Crippen molar-refractivity contribution in [2.24, 2.45) is 9.98 Å². The van der Waals surface area contributed by atoms with Crippen molar-refractivity contribution in [1.29, 1.82) is 0 Å². The Morgan fingerprint density at radius 3 is 2.43 bits per heavy atom. The fraction of sp³-hybridized carbons (Fsp3) is 0.179. The molecule has 42 heavy (non-hydrogen) atoms. The molecule has 2 aliphatic heterocycles. The summed E-state index contributed by atoms with van der Waals surface area (Å²) in [6.45, 7) is 12.7. The molecule has 206 valence electrons. The number of furan rings is 1. The molecule has 0 spiro atoms. The van der Waals surface area contributed by atoms with E-state index in [4.69, 9.17) is 14.4 Å². The summed E-state index contributed by atoms with van der Waals surface area (Å²) < 4.78 is 6.46. The number of benzene rings is 4. The number of aliphatic imine (C=N–C) groups is 2. The highest BCUT2D eigenvalue weighted by Gasteiger charge is 2.31. The van der Waals surface area contributed by atoms with Crippen LogP contribution in [-0.2, 0) is 6.42 Å². The summed E-state index contributed by atoms with van der Waals surface area (Å²) in [6, 6.07) is 30.2. The lowest BCUT2D eigenvalue weighted by Crippen LogP contribution is -2.27. The summed E-state index contributed by atoms with van der Waals surface area (Å²) in [4.78, 5) is 10.3. The molecule has 0 bridgehead atoms. The smallest absolute Gasteiger partial charge is 0.135 e. The molecule has 2 atom stereocenters. The molecule has 3 nitrogen and oxygen atoms in total. The van der Waals surface area contributed by atoms with Gasteiger partial charge < -0.3 is 4.42 Å². The molecule has 3 heterocycles. The normalized spacial score (nSPS) is 19.6. The first-order valence-electron chi connectivity index (χ1n) is 14.7. The van der Waals surface area contributed by atoms with Crippen LogP contribution in [0.2, 0.25) is 0 Å². The van der Waals surface area contributed by atoms with E-state index in [0.717, 1.165) is 57.5 Å². The Morgan fingerprint density at radius 1 is 0.833 bits per heavy atom. The molecule has 3 heteroatoms. The van der Waals surface area contributed by atoms with E-state index in [0.29, 0.717) is 6.42 Å². The lowest BCUT2D eigenvalue weighted by Gasteiger charge is -2.32. The quantitative estimate of drug-likeness (QED) is 0.222. The standard InChI is InChI=1S/C39H34N2O/c1-5-35-30-14-10-9-13-29(30)31-17-15-28-22-39-34(23-32(28)36(19-24(2)3)40-25(4)20-37(31)41-35)33-21-27(16-18-38(33)42-39)26-11-7-6-8-12-26/h5-14,16,18-19,21-23,31,37H,1,4,15,17,20H2,2-3H3/b40-36-. The third-order valence-electron chi connectivity index (χ3n) is 8.55. The first kappa shape index (κ1) is 26.2. The molecule has 5 aromatic rings. The summed E-state index contributed by atoms with van der Waals surface area (Å²) in [5.74, 6) is 0.273. The minimum Gasteiger partial charge on any atom is -0.456 e. The largest absolute Gasteiger partial charge is 0.456 e. The van der Waals surface area contributed by atoms with E-state index in [1.807, 2.05) is 6.08 Å². The zero-order valence-electron chi connectivity index (χ0n) is 24.2. The molecule has 0 saturated heterocycles. The van der Waals surface area contributed by atoms with Crippen LogP contribution in [-0.4, -0.2) is 17.5 Å². The average Bonchev–Trinajstić information content (AvgIpc) is 3.36. The lowest BCUT2D eigenvalue weighted by atomic mass is 9.78. The summed E-state index contributed by atoms with van der Waals surface area (Å²) in [7, 11) is 0. The van der Waals surface area contributed by atoms with E-state index in [1.54, 1.807) is 0 Å². The molecule has 0 amide bonds. The lowest BCUT2D eigenvalue weighted by molar-refractivity contribution is 0.490. The number of rotatable bonds is 3. The molecule has 7 rings (SSSR count). The van der Waals surface area contributed by atoms with Crippen molar-refractivity contribution in [3.8, 4) is 11.1 Å². The highest BCUT2D eigenvalue weighted by molar-refractivity contribution is 6.15. The van der Waals surface area contributed by atoms with Crippen LogP contribution in [0, 0.1) is 0 Å². The van der Waals surface area contributed by atoms with Crippen molar-refractivity contribution >= 4 is 33.4 Å². The van der Waals surface area contributed by atoms with E-state index in [-0.39, 0.29) is 12.0 Å². The molecular weight excluding hydrogens is 512 g/mol. The van der Waals surface area contributed by atoms with Gasteiger partial charge in [0.05, 0.1) is 17.5 Å². The molecule has 2 aliphatic rings. The van der Waals surface area contributed by atoms with Crippen molar-refractivity contribution in [2.75, 3.05) is 0 Å². The van der Waals surface area contributed by atoms with E-state index in [2.05, 4.69) is 118 Å². The maximum Gasteiger partial charge on any atom is 0.135 e. The van der Waals surface area contributed by atoms with Gasteiger partial charge in [0, 0.05) is 39.9 Å². The SMILES string of the molecule is C=CC1=NC2CC(=C)/N=C(/C=C(C)C)c3cc4c(cc3CCC2c2ccccc21)oc1ccc(-c2ccccc2)cc14. The predicted octanol–water partition coefficient (Wildman–Crippen LogP) is 10.00. The Balaban J connectivity index is 1.40. The minimum absolute atomic E-state index is 0.0741. The zero-order valence-corrected chi connectivity index (χ0v) is 24.2. The van der Waals surface area contributed by atoms with Gasteiger partial charge in [0.25, 0.3) is 0 Å². The van der Waals surface area contributed by atoms with Crippen LogP contribution in [0.25, 0.3) is 33.1 Å².